The number of alkyl halides is 2. The van der Waals surface area contributed by atoms with E-state index >= 15 is 0 Å². The van der Waals surface area contributed by atoms with E-state index in [1.807, 2.05) is 12.4 Å². The summed E-state index contributed by atoms with van der Waals surface area (Å²) in [6.07, 6.45) is 6.85. The molecule has 0 spiro atoms. The van der Waals surface area contributed by atoms with Crippen LogP contribution in [0.1, 0.15) is 12.8 Å². The standard InChI is InChI=1S/C12H14BrN4O.CH2Cl2/c1-17-7-4-14-8-10(17)11(15-12(17)13)16-5-2-9(18)3-6-16;2-1-3/h4,7-8H,2-3,5-6H2,1H3;1H2/q+1;. The van der Waals surface area contributed by atoms with E-state index in [-0.39, 0.29) is 5.34 Å². The zero-order chi connectivity index (χ0) is 15.5. The monoisotopic (exact) mass is 393 g/mol. The van der Waals surface area contributed by atoms with Gasteiger partial charge in [0.1, 0.15) is 12.0 Å². The van der Waals surface area contributed by atoms with Gasteiger partial charge in [-0.15, -0.1) is 23.2 Å². The Morgan fingerprint density at radius 3 is 2.62 bits per heavy atom. The minimum Gasteiger partial charge on any atom is -0.351 e. The summed E-state index contributed by atoms with van der Waals surface area (Å²) in [5.41, 5.74) is 1.05. The Morgan fingerprint density at radius 1 is 1.38 bits per heavy atom. The number of hydrogen-bond donors (Lipinski definition) is 0. The summed E-state index contributed by atoms with van der Waals surface area (Å²) in [4.78, 5) is 22.3. The Balaban J connectivity index is 0.000000497. The van der Waals surface area contributed by atoms with E-state index in [4.69, 9.17) is 23.2 Å². The summed E-state index contributed by atoms with van der Waals surface area (Å²) >= 11 is 13.1. The normalized spacial score (nSPS) is 27.3. The van der Waals surface area contributed by atoms with Crippen molar-refractivity contribution in [3.63, 3.8) is 0 Å². The molecular weight excluding hydrogens is 379 g/mol. The first-order chi connectivity index (χ1) is 10.0. The van der Waals surface area contributed by atoms with Crippen LogP contribution in [0.15, 0.2) is 33.9 Å². The van der Waals surface area contributed by atoms with E-state index in [0.29, 0.717) is 23.1 Å². The van der Waals surface area contributed by atoms with Crippen molar-refractivity contribution in [2.45, 2.75) is 12.8 Å². The molecule has 1 saturated heterocycles. The molecule has 1 unspecified atom stereocenters. The van der Waals surface area contributed by atoms with E-state index < -0.39 is 0 Å². The van der Waals surface area contributed by atoms with Gasteiger partial charge in [0.2, 0.25) is 5.70 Å². The van der Waals surface area contributed by atoms with Gasteiger partial charge >= 0.3 is 0 Å². The highest BCUT2D eigenvalue weighted by Gasteiger charge is 2.42. The van der Waals surface area contributed by atoms with Crippen LogP contribution in [0.25, 0.3) is 0 Å². The molecule has 0 bridgehead atoms. The number of halogens is 3. The minimum atomic E-state index is 0.194. The van der Waals surface area contributed by atoms with Crippen LogP contribution >= 0.6 is 39.1 Å². The molecule has 0 aliphatic carbocycles. The molecule has 3 heterocycles. The highest BCUT2D eigenvalue weighted by atomic mass is 79.9. The van der Waals surface area contributed by atoms with Crippen molar-refractivity contribution >= 4 is 55.9 Å². The maximum atomic E-state index is 11.3. The Bertz CT molecular complexity index is 548. The quantitative estimate of drug-likeness (QED) is 0.390. The maximum absolute atomic E-state index is 11.3. The van der Waals surface area contributed by atoms with Gasteiger partial charge in [-0.25, -0.2) is 4.48 Å². The average molecular weight is 395 g/mol. The van der Waals surface area contributed by atoms with Crippen molar-refractivity contribution < 1.29 is 9.28 Å². The number of carbonyl (C=O) groups is 1. The molecule has 0 aromatic heterocycles. The molecule has 1 fully saturated rings. The molecule has 21 heavy (non-hydrogen) atoms. The van der Waals surface area contributed by atoms with Crippen molar-refractivity contribution in [2.24, 2.45) is 9.98 Å². The lowest BCUT2D eigenvalue weighted by molar-refractivity contribution is -0.709. The van der Waals surface area contributed by atoms with E-state index in [1.165, 1.54) is 0 Å². The molecular formula is C13H16BrCl2N4O+. The van der Waals surface area contributed by atoms with Gasteiger partial charge in [-0.2, -0.15) is 4.99 Å². The van der Waals surface area contributed by atoms with Gasteiger partial charge in [0.05, 0.1) is 24.8 Å². The number of aliphatic imine (C=N–C) groups is 2. The summed E-state index contributed by atoms with van der Waals surface area (Å²) in [5.74, 6) is 1.28. The highest BCUT2D eigenvalue weighted by Crippen LogP contribution is 2.34. The van der Waals surface area contributed by atoms with Crippen molar-refractivity contribution in [1.82, 2.24) is 4.90 Å². The van der Waals surface area contributed by atoms with Gasteiger partial charge in [0.15, 0.2) is 5.82 Å². The lowest BCUT2D eigenvalue weighted by Crippen LogP contribution is -2.40. The Labute approximate surface area is 142 Å². The summed E-state index contributed by atoms with van der Waals surface area (Å²) < 4.78 is 1.37. The lowest BCUT2D eigenvalue weighted by Gasteiger charge is -2.29. The number of hydrogen-bond acceptors (Lipinski definition) is 4. The molecule has 0 aromatic rings. The van der Waals surface area contributed by atoms with Crippen LogP contribution in [-0.2, 0) is 4.79 Å². The Kier molecular flexibility index (Phi) is 5.60. The maximum Gasteiger partial charge on any atom is 0.283 e. The summed E-state index contributed by atoms with van der Waals surface area (Å²) in [5, 5.41) is 0.194. The van der Waals surface area contributed by atoms with E-state index in [2.05, 4.69) is 37.9 Å². The van der Waals surface area contributed by atoms with Gasteiger partial charge < -0.3 is 4.90 Å². The number of carbonyl (C=O) groups excluding carboxylic acids is 1. The third-order valence-corrected chi connectivity index (χ3v) is 4.49. The van der Waals surface area contributed by atoms with Crippen LogP contribution in [0.5, 0.6) is 0 Å². The van der Waals surface area contributed by atoms with Crippen LogP contribution < -0.4 is 0 Å². The van der Waals surface area contributed by atoms with Crippen molar-refractivity contribution in [2.75, 3.05) is 25.5 Å². The number of piperidine rings is 1. The Morgan fingerprint density at radius 2 is 2.00 bits per heavy atom. The molecule has 0 amide bonds. The van der Waals surface area contributed by atoms with Crippen LogP contribution in [-0.4, -0.2) is 51.6 Å². The molecule has 5 nitrogen and oxygen atoms in total. The van der Waals surface area contributed by atoms with E-state index in [1.54, 1.807) is 6.20 Å². The fourth-order valence-corrected chi connectivity index (χ4v) is 2.84. The smallest absolute Gasteiger partial charge is 0.283 e. The number of quaternary nitrogens is 1. The summed E-state index contributed by atoms with van der Waals surface area (Å²) in [6.45, 7) is 1.50. The number of Topliss-reactive ketones (excluding diaryl/α,β-unsaturated/α-hetero) is 1. The molecule has 1 atom stereocenters. The van der Waals surface area contributed by atoms with Crippen LogP contribution in [0.4, 0.5) is 0 Å². The molecule has 8 heteroatoms. The van der Waals surface area contributed by atoms with Crippen LogP contribution in [0, 0.1) is 0 Å². The molecule has 0 radical (unpaired) electrons. The minimum absolute atomic E-state index is 0.194. The third-order valence-electron chi connectivity index (χ3n) is 3.58. The predicted octanol–water partition coefficient (Wildman–Crippen LogP) is 3.01. The number of rotatable bonds is 1. The van der Waals surface area contributed by atoms with Gasteiger partial charge in [0.25, 0.3) is 4.74 Å². The zero-order valence-corrected chi connectivity index (χ0v) is 14.7. The first-order valence-electron chi connectivity index (χ1n) is 6.48. The fourth-order valence-electron chi connectivity index (χ4n) is 2.36. The molecule has 3 aliphatic heterocycles. The SMILES string of the molecule is C[N+]12C=CN=CC1=C(N1CCC(=O)CC1)N=C2Br.ClCCl. The summed E-state index contributed by atoms with van der Waals surface area (Å²) in [7, 11) is 2.06. The second-order valence-electron chi connectivity index (χ2n) is 4.87. The predicted molar refractivity (Wildman–Crippen MR) is 89.6 cm³/mol. The lowest BCUT2D eigenvalue weighted by atomic mass is 10.1. The van der Waals surface area contributed by atoms with Crippen LogP contribution in [0.2, 0.25) is 0 Å². The number of allylic oxidation sites excluding steroid dienone is 1. The van der Waals surface area contributed by atoms with E-state index in [0.717, 1.165) is 29.4 Å². The zero-order valence-electron chi connectivity index (χ0n) is 11.6. The largest absolute Gasteiger partial charge is 0.351 e. The number of amidine groups is 1. The van der Waals surface area contributed by atoms with E-state index in [9.17, 15) is 4.79 Å². The molecule has 3 aliphatic rings. The average Bonchev–Trinajstić information content (AvgIpc) is 2.73. The number of nitrogens with zero attached hydrogens (tertiary/aromatic N) is 4. The number of ketones is 1. The van der Waals surface area contributed by atoms with Gasteiger partial charge in [0, 0.05) is 41.9 Å². The molecule has 114 valence electrons. The highest BCUT2D eigenvalue weighted by molar-refractivity contribution is 9.18. The van der Waals surface area contributed by atoms with Crippen molar-refractivity contribution in [3.8, 4) is 0 Å². The third kappa shape index (κ3) is 3.39. The van der Waals surface area contributed by atoms with Gasteiger partial charge in [-0.1, -0.05) is 0 Å². The first-order valence-corrected chi connectivity index (χ1v) is 8.34. The first kappa shape index (κ1) is 16.7. The molecule has 3 rings (SSSR count). The van der Waals surface area contributed by atoms with Crippen LogP contribution in [0.3, 0.4) is 0 Å². The summed E-state index contributed by atoms with van der Waals surface area (Å²) in [6, 6.07) is 0. The van der Waals surface area contributed by atoms with Crippen molar-refractivity contribution in [3.05, 3.63) is 23.9 Å². The Hall–Kier alpha value is -0.690. The molecule has 0 N–H and O–H groups in total. The second kappa shape index (κ2) is 7.05. The van der Waals surface area contributed by atoms with Crippen molar-refractivity contribution in [1.29, 1.82) is 0 Å². The number of likely N-dealkylation sites (tertiary alicyclic amines) is 1. The van der Waals surface area contributed by atoms with Gasteiger partial charge in [-0.3, -0.25) is 9.79 Å². The molecule has 0 saturated carbocycles. The number of fused-ring (bicyclic) bond motifs is 1. The second-order valence-corrected chi connectivity index (χ2v) is 6.39. The van der Waals surface area contributed by atoms with Gasteiger partial charge in [-0.05, 0) is 0 Å². The topological polar surface area (TPSA) is 45.0 Å². The fraction of sp³-hybridized carbons (Fsp3) is 0.462. The molecule has 0 aromatic carbocycles.